The third-order valence-electron chi connectivity index (χ3n) is 2.60. The number of halogens is 2. The minimum Gasteiger partial charge on any atom is -0.399 e. The van der Waals surface area contributed by atoms with E-state index < -0.39 is 11.7 Å². The van der Waals surface area contributed by atoms with E-state index in [0.29, 0.717) is 5.69 Å². The number of nitrogen functional groups attached to an aromatic ring is 1. The summed E-state index contributed by atoms with van der Waals surface area (Å²) in [7, 11) is 0. The van der Waals surface area contributed by atoms with Gasteiger partial charge in [-0.15, -0.1) is 0 Å². The van der Waals surface area contributed by atoms with Crippen molar-refractivity contribution >= 4 is 11.6 Å². The molecule has 3 N–H and O–H groups in total. The summed E-state index contributed by atoms with van der Waals surface area (Å²) < 4.78 is 26.1. The summed E-state index contributed by atoms with van der Waals surface area (Å²) in [5.74, 6) is -1.54. The van der Waals surface area contributed by atoms with E-state index in [4.69, 9.17) is 5.73 Å². The molecule has 0 fully saturated rings. The summed E-state index contributed by atoms with van der Waals surface area (Å²) in [5, 5.41) is 2.55. The van der Waals surface area contributed by atoms with Crippen LogP contribution in [0, 0.1) is 11.6 Å². The van der Waals surface area contributed by atoms with E-state index in [-0.39, 0.29) is 17.9 Å². The highest BCUT2D eigenvalue weighted by atomic mass is 19.1. The summed E-state index contributed by atoms with van der Waals surface area (Å²) in [6.07, 6.45) is 0. The molecule has 0 aliphatic rings. The van der Waals surface area contributed by atoms with Crippen molar-refractivity contribution < 1.29 is 13.6 Å². The number of nitrogens with one attached hydrogen (secondary N) is 1. The van der Waals surface area contributed by atoms with Gasteiger partial charge >= 0.3 is 0 Å². The Morgan fingerprint density at radius 3 is 2.47 bits per heavy atom. The number of hydrogen-bond acceptors (Lipinski definition) is 2. The smallest absolute Gasteiger partial charge is 0.254 e. The molecule has 2 aromatic carbocycles. The summed E-state index contributed by atoms with van der Waals surface area (Å²) in [4.78, 5) is 11.8. The first-order valence-electron chi connectivity index (χ1n) is 5.64. The molecule has 0 aliphatic heterocycles. The van der Waals surface area contributed by atoms with Gasteiger partial charge in [-0.25, -0.2) is 8.78 Å². The number of benzene rings is 2. The molecule has 19 heavy (non-hydrogen) atoms. The molecule has 3 nitrogen and oxygen atoms in total. The number of rotatable bonds is 3. The van der Waals surface area contributed by atoms with E-state index in [1.54, 1.807) is 12.1 Å². The van der Waals surface area contributed by atoms with Crippen molar-refractivity contribution in [3.8, 4) is 0 Å². The fourth-order valence-electron chi connectivity index (χ4n) is 1.60. The fraction of sp³-hybridized carbons (Fsp3) is 0.0714. The van der Waals surface area contributed by atoms with Gasteiger partial charge in [-0.3, -0.25) is 4.79 Å². The number of nitrogens with two attached hydrogens (primary N) is 1. The van der Waals surface area contributed by atoms with Crippen LogP contribution in [-0.2, 0) is 6.54 Å². The zero-order chi connectivity index (χ0) is 13.8. The Hall–Kier alpha value is -2.43. The van der Waals surface area contributed by atoms with Crippen molar-refractivity contribution in [2.24, 2.45) is 0 Å². The van der Waals surface area contributed by atoms with Crippen molar-refractivity contribution in [1.82, 2.24) is 5.32 Å². The lowest BCUT2D eigenvalue weighted by atomic mass is 10.1. The second kappa shape index (κ2) is 5.48. The Morgan fingerprint density at radius 1 is 1.11 bits per heavy atom. The van der Waals surface area contributed by atoms with Crippen molar-refractivity contribution in [3.05, 3.63) is 65.2 Å². The van der Waals surface area contributed by atoms with Crippen LogP contribution in [-0.4, -0.2) is 5.91 Å². The van der Waals surface area contributed by atoms with Gasteiger partial charge in [0.05, 0.1) is 5.56 Å². The molecule has 1 amide bonds. The van der Waals surface area contributed by atoms with Gasteiger partial charge in [0.25, 0.3) is 5.91 Å². The molecule has 0 unspecified atom stereocenters. The number of amides is 1. The highest BCUT2D eigenvalue weighted by molar-refractivity contribution is 5.95. The Morgan fingerprint density at radius 2 is 1.79 bits per heavy atom. The molecule has 0 saturated carbocycles. The van der Waals surface area contributed by atoms with Gasteiger partial charge in [0.15, 0.2) is 0 Å². The zero-order valence-corrected chi connectivity index (χ0v) is 9.99. The van der Waals surface area contributed by atoms with E-state index in [9.17, 15) is 13.6 Å². The molecule has 0 bridgehead atoms. The molecule has 5 heteroatoms. The predicted octanol–water partition coefficient (Wildman–Crippen LogP) is 2.48. The van der Waals surface area contributed by atoms with Crippen LogP contribution in [0.1, 0.15) is 15.9 Å². The maximum Gasteiger partial charge on any atom is 0.254 e. The lowest BCUT2D eigenvalue weighted by molar-refractivity contribution is 0.0947. The topological polar surface area (TPSA) is 55.1 Å². The van der Waals surface area contributed by atoms with Crippen LogP contribution in [0.15, 0.2) is 42.5 Å². The van der Waals surface area contributed by atoms with Gasteiger partial charge in [0.1, 0.15) is 11.6 Å². The normalized spacial score (nSPS) is 10.2. The van der Waals surface area contributed by atoms with Gasteiger partial charge in [0.2, 0.25) is 0 Å². The number of carbonyl (C=O) groups is 1. The first-order valence-corrected chi connectivity index (χ1v) is 5.64. The van der Waals surface area contributed by atoms with E-state index >= 15 is 0 Å². The van der Waals surface area contributed by atoms with Crippen LogP contribution in [0.5, 0.6) is 0 Å². The van der Waals surface area contributed by atoms with Gasteiger partial charge in [-0.05, 0) is 35.9 Å². The monoisotopic (exact) mass is 262 g/mol. The van der Waals surface area contributed by atoms with Gasteiger partial charge in [0, 0.05) is 12.2 Å². The van der Waals surface area contributed by atoms with Gasteiger partial charge in [-0.1, -0.05) is 12.1 Å². The number of anilines is 1. The first-order chi connectivity index (χ1) is 9.06. The highest BCUT2D eigenvalue weighted by Gasteiger charge is 2.11. The molecule has 0 radical (unpaired) electrons. The van der Waals surface area contributed by atoms with E-state index in [1.807, 2.05) is 0 Å². The number of hydrogen-bond donors (Lipinski definition) is 2. The highest BCUT2D eigenvalue weighted by Crippen LogP contribution is 2.12. The molecule has 0 saturated heterocycles. The van der Waals surface area contributed by atoms with Crippen molar-refractivity contribution in [2.45, 2.75) is 6.54 Å². The quantitative estimate of drug-likeness (QED) is 0.835. The van der Waals surface area contributed by atoms with Crippen molar-refractivity contribution in [1.29, 1.82) is 0 Å². The molecule has 0 heterocycles. The fourth-order valence-corrected chi connectivity index (χ4v) is 1.60. The second-order valence-electron chi connectivity index (χ2n) is 4.05. The molecule has 0 aromatic heterocycles. The van der Waals surface area contributed by atoms with Crippen LogP contribution in [0.25, 0.3) is 0 Å². The molecule has 2 aromatic rings. The maximum absolute atomic E-state index is 13.4. The predicted molar refractivity (Wildman–Crippen MR) is 68.4 cm³/mol. The SMILES string of the molecule is Nc1ccc(F)c(C(=O)NCc2ccc(F)cc2)c1. The summed E-state index contributed by atoms with van der Waals surface area (Å²) in [6, 6.07) is 9.48. The molecule has 98 valence electrons. The third-order valence-corrected chi connectivity index (χ3v) is 2.60. The second-order valence-corrected chi connectivity index (χ2v) is 4.05. The van der Waals surface area contributed by atoms with Crippen LogP contribution < -0.4 is 11.1 Å². The molecule has 2 rings (SSSR count). The van der Waals surface area contributed by atoms with E-state index in [0.717, 1.165) is 11.6 Å². The molecule has 0 atom stereocenters. The Kier molecular flexibility index (Phi) is 3.75. The molecular formula is C14H12F2N2O. The zero-order valence-electron chi connectivity index (χ0n) is 9.99. The van der Waals surface area contributed by atoms with Crippen LogP contribution >= 0.6 is 0 Å². The Labute approximate surface area is 109 Å². The average Bonchev–Trinajstić information content (AvgIpc) is 2.40. The maximum atomic E-state index is 13.4. The van der Waals surface area contributed by atoms with Gasteiger partial charge in [-0.2, -0.15) is 0 Å². The van der Waals surface area contributed by atoms with E-state index in [1.165, 1.54) is 24.3 Å². The van der Waals surface area contributed by atoms with Crippen LogP contribution in [0.2, 0.25) is 0 Å². The third kappa shape index (κ3) is 3.28. The largest absolute Gasteiger partial charge is 0.399 e. The number of carbonyl (C=O) groups excluding carboxylic acids is 1. The first kappa shape index (κ1) is 13.0. The van der Waals surface area contributed by atoms with E-state index in [2.05, 4.69) is 5.32 Å². The minimum absolute atomic E-state index is 0.109. The Balaban J connectivity index is 2.05. The van der Waals surface area contributed by atoms with Crippen molar-refractivity contribution in [3.63, 3.8) is 0 Å². The van der Waals surface area contributed by atoms with Crippen LogP contribution in [0.3, 0.4) is 0 Å². The summed E-state index contributed by atoms with van der Waals surface area (Å²) in [6.45, 7) is 0.188. The standard InChI is InChI=1S/C14H12F2N2O/c15-10-3-1-9(2-4-10)8-18-14(19)12-7-11(17)5-6-13(12)16/h1-7H,8,17H2,(H,18,19). The summed E-state index contributed by atoms with van der Waals surface area (Å²) in [5.41, 5.74) is 6.43. The molecule has 0 spiro atoms. The van der Waals surface area contributed by atoms with Crippen LogP contribution in [0.4, 0.5) is 14.5 Å². The minimum atomic E-state index is -0.634. The van der Waals surface area contributed by atoms with Gasteiger partial charge < -0.3 is 11.1 Å². The summed E-state index contributed by atoms with van der Waals surface area (Å²) >= 11 is 0. The molecular weight excluding hydrogens is 250 g/mol. The lowest BCUT2D eigenvalue weighted by Gasteiger charge is -2.07. The molecule has 0 aliphatic carbocycles. The lowest BCUT2D eigenvalue weighted by Crippen LogP contribution is -2.24. The average molecular weight is 262 g/mol. The van der Waals surface area contributed by atoms with Crippen molar-refractivity contribution in [2.75, 3.05) is 5.73 Å². The Bertz CT molecular complexity index is 597.